The predicted octanol–water partition coefficient (Wildman–Crippen LogP) is 6.84. The Hall–Kier alpha value is -0.780. The molecule has 0 nitrogen and oxygen atoms in total. The summed E-state index contributed by atoms with van der Waals surface area (Å²) in [5, 5.41) is 0. The van der Waals surface area contributed by atoms with Crippen LogP contribution in [0, 0.1) is 17.8 Å². The second-order valence-electron chi connectivity index (χ2n) is 7.18. The van der Waals surface area contributed by atoms with Crippen LogP contribution >= 0.6 is 0 Å². The summed E-state index contributed by atoms with van der Waals surface area (Å²) in [7, 11) is 0. The van der Waals surface area contributed by atoms with Gasteiger partial charge in [0.2, 0.25) is 0 Å². The molecule has 0 saturated heterocycles. The van der Waals surface area contributed by atoms with Crippen molar-refractivity contribution in [1.82, 2.24) is 0 Å². The lowest BCUT2D eigenvalue weighted by Crippen LogP contribution is -2.08. The zero-order valence-electron chi connectivity index (χ0n) is 14.6. The van der Waals surface area contributed by atoms with Gasteiger partial charge in [-0.2, -0.15) is 0 Å². The second kappa shape index (κ2) is 8.01. The Balaban J connectivity index is 1.85. The highest BCUT2D eigenvalue weighted by Crippen LogP contribution is 2.46. The first-order chi connectivity index (χ1) is 10.2. The van der Waals surface area contributed by atoms with Crippen LogP contribution in [-0.2, 0) is 0 Å². The first-order valence-electron chi connectivity index (χ1n) is 9.17. The Morgan fingerprint density at radius 1 is 1.10 bits per heavy atom. The predicted molar refractivity (Wildman–Crippen MR) is 94.4 cm³/mol. The SMILES string of the molecule is C/C=C(\CC/C(CC)=C(\C)CCC)CC1CC2C=CC1C2. The number of hydrogen-bond acceptors (Lipinski definition) is 0. The van der Waals surface area contributed by atoms with Gasteiger partial charge >= 0.3 is 0 Å². The minimum Gasteiger partial charge on any atom is -0.0884 e. The van der Waals surface area contributed by atoms with Crippen molar-refractivity contribution in [3.05, 3.63) is 34.9 Å². The summed E-state index contributed by atoms with van der Waals surface area (Å²) in [5.74, 6) is 2.75. The van der Waals surface area contributed by atoms with Crippen LogP contribution in [-0.4, -0.2) is 0 Å². The van der Waals surface area contributed by atoms with Crippen LogP contribution in [0.3, 0.4) is 0 Å². The molecule has 0 N–H and O–H groups in total. The van der Waals surface area contributed by atoms with Crippen LogP contribution < -0.4 is 0 Å². The van der Waals surface area contributed by atoms with E-state index >= 15 is 0 Å². The Kier molecular flexibility index (Phi) is 6.33. The van der Waals surface area contributed by atoms with Crippen molar-refractivity contribution in [2.45, 2.75) is 79.1 Å². The summed E-state index contributed by atoms with van der Waals surface area (Å²) in [4.78, 5) is 0. The quantitative estimate of drug-likeness (QED) is 0.428. The molecule has 0 aromatic rings. The Labute approximate surface area is 132 Å². The first-order valence-corrected chi connectivity index (χ1v) is 9.17. The van der Waals surface area contributed by atoms with Gasteiger partial charge < -0.3 is 0 Å². The minimum atomic E-state index is 0.896. The molecule has 2 bridgehead atoms. The normalized spacial score (nSPS) is 29.1. The van der Waals surface area contributed by atoms with E-state index in [1.165, 1.54) is 51.4 Å². The molecule has 3 unspecified atom stereocenters. The van der Waals surface area contributed by atoms with Crippen molar-refractivity contribution < 1.29 is 0 Å². The molecule has 0 radical (unpaired) electrons. The lowest BCUT2D eigenvalue weighted by Gasteiger charge is -2.20. The van der Waals surface area contributed by atoms with Gasteiger partial charge in [0, 0.05) is 0 Å². The van der Waals surface area contributed by atoms with Crippen LogP contribution in [0.2, 0.25) is 0 Å². The summed E-state index contributed by atoms with van der Waals surface area (Å²) >= 11 is 0. The Bertz CT molecular complexity index is 421. The van der Waals surface area contributed by atoms with E-state index in [1.807, 2.05) is 0 Å². The van der Waals surface area contributed by atoms with Gasteiger partial charge in [0.25, 0.3) is 0 Å². The maximum atomic E-state index is 2.49. The van der Waals surface area contributed by atoms with Crippen LogP contribution in [0.15, 0.2) is 34.9 Å². The van der Waals surface area contributed by atoms with Gasteiger partial charge in [0.15, 0.2) is 0 Å². The van der Waals surface area contributed by atoms with Gasteiger partial charge in [0.1, 0.15) is 0 Å². The van der Waals surface area contributed by atoms with E-state index in [4.69, 9.17) is 0 Å². The Morgan fingerprint density at radius 2 is 1.90 bits per heavy atom. The van der Waals surface area contributed by atoms with Crippen molar-refractivity contribution in [1.29, 1.82) is 0 Å². The number of rotatable bonds is 8. The maximum Gasteiger partial charge on any atom is -0.0196 e. The fourth-order valence-corrected chi connectivity index (χ4v) is 4.39. The lowest BCUT2D eigenvalue weighted by molar-refractivity contribution is 0.438. The molecule has 2 aliphatic carbocycles. The van der Waals surface area contributed by atoms with Crippen LogP contribution in [0.5, 0.6) is 0 Å². The average Bonchev–Trinajstić information content (AvgIpc) is 3.09. The molecule has 0 amide bonds. The van der Waals surface area contributed by atoms with E-state index in [2.05, 4.69) is 45.9 Å². The number of fused-ring (bicyclic) bond motifs is 2. The highest BCUT2D eigenvalue weighted by Gasteiger charge is 2.35. The summed E-state index contributed by atoms with van der Waals surface area (Å²) in [6.07, 6.45) is 18.0. The standard InChI is InChI=1S/C21H34/c1-5-8-16(4)19(7-3)11-9-17(6-2)13-21-15-18-10-12-20(21)14-18/h6,10,12,18,20-21H,5,7-9,11,13-15H2,1-4H3/b17-6+,19-16+. The molecule has 2 rings (SSSR count). The van der Waals surface area contributed by atoms with Gasteiger partial charge in [0.05, 0.1) is 0 Å². The molecule has 0 heterocycles. The minimum absolute atomic E-state index is 0.896. The van der Waals surface area contributed by atoms with Crippen LogP contribution in [0.25, 0.3) is 0 Å². The first kappa shape index (κ1) is 16.6. The van der Waals surface area contributed by atoms with Crippen molar-refractivity contribution >= 4 is 0 Å². The summed E-state index contributed by atoms with van der Waals surface area (Å²) in [6, 6.07) is 0. The van der Waals surface area contributed by atoms with Crippen LogP contribution in [0.4, 0.5) is 0 Å². The fourth-order valence-electron chi connectivity index (χ4n) is 4.39. The molecule has 118 valence electrons. The van der Waals surface area contributed by atoms with Crippen molar-refractivity contribution in [3.8, 4) is 0 Å². The van der Waals surface area contributed by atoms with E-state index in [1.54, 1.807) is 16.7 Å². The molecule has 3 atom stereocenters. The zero-order valence-corrected chi connectivity index (χ0v) is 14.6. The molecule has 0 aromatic carbocycles. The number of hydrogen-bond donors (Lipinski definition) is 0. The average molecular weight is 287 g/mol. The molecule has 0 aromatic heterocycles. The molecule has 1 fully saturated rings. The Morgan fingerprint density at radius 3 is 2.43 bits per heavy atom. The van der Waals surface area contributed by atoms with E-state index in [0.29, 0.717) is 0 Å². The lowest BCUT2D eigenvalue weighted by atomic mass is 9.85. The topological polar surface area (TPSA) is 0 Å². The third kappa shape index (κ3) is 4.34. The van der Waals surface area contributed by atoms with E-state index in [-0.39, 0.29) is 0 Å². The third-order valence-electron chi connectivity index (χ3n) is 5.75. The molecule has 2 aliphatic rings. The van der Waals surface area contributed by atoms with Gasteiger partial charge in [-0.15, -0.1) is 0 Å². The van der Waals surface area contributed by atoms with E-state index in [9.17, 15) is 0 Å². The van der Waals surface area contributed by atoms with Gasteiger partial charge in [-0.1, -0.05) is 55.2 Å². The molecule has 0 spiro atoms. The van der Waals surface area contributed by atoms with Crippen molar-refractivity contribution in [3.63, 3.8) is 0 Å². The van der Waals surface area contributed by atoms with Gasteiger partial charge in [-0.25, -0.2) is 0 Å². The molecule has 0 heteroatoms. The van der Waals surface area contributed by atoms with Crippen molar-refractivity contribution in [2.24, 2.45) is 17.8 Å². The summed E-state index contributed by atoms with van der Waals surface area (Å²) < 4.78 is 0. The monoisotopic (exact) mass is 286 g/mol. The van der Waals surface area contributed by atoms with Gasteiger partial charge in [-0.05, 0) is 76.5 Å². The highest BCUT2D eigenvalue weighted by molar-refractivity contribution is 5.17. The molecular weight excluding hydrogens is 252 g/mol. The van der Waals surface area contributed by atoms with Gasteiger partial charge in [-0.3, -0.25) is 0 Å². The van der Waals surface area contributed by atoms with Crippen LogP contribution in [0.1, 0.15) is 79.1 Å². The number of allylic oxidation sites excluding steroid dienone is 6. The van der Waals surface area contributed by atoms with Crippen molar-refractivity contribution in [2.75, 3.05) is 0 Å². The second-order valence-corrected chi connectivity index (χ2v) is 7.18. The molecule has 1 saturated carbocycles. The smallest absolute Gasteiger partial charge is 0.0196 e. The largest absolute Gasteiger partial charge is 0.0884 e. The third-order valence-corrected chi connectivity index (χ3v) is 5.75. The zero-order chi connectivity index (χ0) is 15.2. The van der Waals surface area contributed by atoms with E-state index in [0.717, 1.165) is 17.8 Å². The molecular formula is C21H34. The molecule has 0 aliphatic heterocycles. The maximum absolute atomic E-state index is 2.49. The highest BCUT2D eigenvalue weighted by atomic mass is 14.4. The fraction of sp³-hybridized carbons (Fsp3) is 0.714. The summed E-state index contributed by atoms with van der Waals surface area (Å²) in [5.41, 5.74) is 5.07. The summed E-state index contributed by atoms with van der Waals surface area (Å²) in [6.45, 7) is 9.20. The van der Waals surface area contributed by atoms with E-state index < -0.39 is 0 Å². The molecule has 21 heavy (non-hydrogen) atoms.